The van der Waals surface area contributed by atoms with Gasteiger partial charge in [0.1, 0.15) is 5.75 Å². The summed E-state index contributed by atoms with van der Waals surface area (Å²) in [5, 5.41) is 4.38. The van der Waals surface area contributed by atoms with Gasteiger partial charge in [-0.3, -0.25) is 4.79 Å². The van der Waals surface area contributed by atoms with Crippen molar-refractivity contribution in [1.82, 2.24) is 0 Å². The van der Waals surface area contributed by atoms with Gasteiger partial charge in [0, 0.05) is 11.1 Å². The second-order valence-corrected chi connectivity index (χ2v) is 5.78. The predicted octanol–water partition coefficient (Wildman–Crippen LogP) is 5.23. The van der Waals surface area contributed by atoms with Gasteiger partial charge in [-0.2, -0.15) is 0 Å². The average molecular weight is 312 g/mol. The topological polar surface area (TPSA) is 26.3 Å². The third-order valence-electron chi connectivity index (χ3n) is 4.34. The van der Waals surface area contributed by atoms with Gasteiger partial charge >= 0.3 is 0 Å². The molecule has 4 aromatic carbocycles. The van der Waals surface area contributed by atoms with E-state index in [1.165, 1.54) is 5.39 Å². The van der Waals surface area contributed by atoms with Crippen molar-refractivity contribution in [3.63, 3.8) is 0 Å². The molecule has 0 heterocycles. The highest BCUT2D eigenvalue weighted by Gasteiger charge is 2.13. The lowest BCUT2D eigenvalue weighted by Crippen LogP contribution is -2.02. The molecule has 0 amide bonds. The molecule has 0 N–H and O–H groups in total. The smallest absolute Gasteiger partial charge is 0.193 e. The fourth-order valence-corrected chi connectivity index (χ4v) is 3.06. The fourth-order valence-electron chi connectivity index (χ4n) is 3.06. The Balaban J connectivity index is 1.88. The maximum absolute atomic E-state index is 13.0. The quantitative estimate of drug-likeness (QED) is 0.382. The standard InChI is InChI=1S/C22H16O2/c1-24-19-11-9-15(10-12-19)22(23)20-8-4-7-18-13-16-5-2-3-6-17(16)14-21(18)20/h2-14H,1H3. The maximum atomic E-state index is 13.0. The number of rotatable bonds is 3. The molecule has 0 bridgehead atoms. The summed E-state index contributed by atoms with van der Waals surface area (Å²) < 4.78 is 5.16. The molecule has 0 saturated heterocycles. The lowest BCUT2D eigenvalue weighted by Gasteiger charge is -2.08. The third kappa shape index (κ3) is 2.42. The van der Waals surface area contributed by atoms with Crippen LogP contribution in [0.5, 0.6) is 5.75 Å². The van der Waals surface area contributed by atoms with Crippen molar-refractivity contribution in [2.45, 2.75) is 0 Å². The van der Waals surface area contributed by atoms with Crippen molar-refractivity contribution in [3.8, 4) is 5.75 Å². The number of ether oxygens (including phenoxy) is 1. The van der Waals surface area contributed by atoms with E-state index >= 15 is 0 Å². The molecule has 0 fully saturated rings. The summed E-state index contributed by atoms with van der Waals surface area (Å²) in [5.41, 5.74) is 1.39. The van der Waals surface area contributed by atoms with Crippen molar-refractivity contribution >= 4 is 27.3 Å². The lowest BCUT2D eigenvalue weighted by atomic mass is 9.95. The van der Waals surface area contributed by atoms with Crippen LogP contribution in [0.2, 0.25) is 0 Å². The number of hydrogen-bond donors (Lipinski definition) is 0. The fraction of sp³-hybridized carbons (Fsp3) is 0.0455. The Labute approximate surface area is 140 Å². The number of carbonyl (C=O) groups excluding carboxylic acids is 1. The first-order valence-electron chi connectivity index (χ1n) is 7.86. The number of carbonyl (C=O) groups is 1. The Hall–Kier alpha value is -3.13. The van der Waals surface area contributed by atoms with Crippen molar-refractivity contribution in [2.24, 2.45) is 0 Å². The maximum Gasteiger partial charge on any atom is 0.193 e. The van der Waals surface area contributed by atoms with Crippen LogP contribution in [-0.2, 0) is 0 Å². The largest absolute Gasteiger partial charge is 0.497 e. The second-order valence-electron chi connectivity index (χ2n) is 5.78. The molecular weight excluding hydrogens is 296 g/mol. The number of benzene rings is 4. The number of methoxy groups -OCH3 is 1. The molecule has 0 radical (unpaired) electrons. The van der Waals surface area contributed by atoms with Crippen LogP contribution in [0.25, 0.3) is 21.5 Å². The molecule has 0 aliphatic carbocycles. The highest BCUT2D eigenvalue weighted by atomic mass is 16.5. The van der Waals surface area contributed by atoms with Crippen LogP contribution in [0.15, 0.2) is 78.9 Å². The Bertz CT molecular complexity index is 1050. The van der Waals surface area contributed by atoms with Gasteiger partial charge in [-0.15, -0.1) is 0 Å². The minimum atomic E-state index is 0.0264. The van der Waals surface area contributed by atoms with Gasteiger partial charge in [-0.25, -0.2) is 0 Å². The minimum absolute atomic E-state index is 0.0264. The molecule has 2 nitrogen and oxygen atoms in total. The zero-order valence-corrected chi connectivity index (χ0v) is 13.3. The van der Waals surface area contributed by atoms with E-state index in [1.54, 1.807) is 19.2 Å². The van der Waals surface area contributed by atoms with E-state index in [9.17, 15) is 4.79 Å². The zero-order chi connectivity index (χ0) is 16.5. The normalized spacial score (nSPS) is 10.9. The molecule has 0 aliphatic heterocycles. The molecule has 0 aromatic heterocycles. The van der Waals surface area contributed by atoms with Gasteiger partial charge in [0.2, 0.25) is 0 Å². The van der Waals surface area contributed by atoms with E-state index in [-0.39, 0.29) is 5.78 Å². The van der Waals surface area contributed by atoms with E-state index in [4.69, 9.17) is 4.74 Å². The van der Waals surface area contributed by atoms with Crippen LogP contribution < -0.4 is 4.74 Å². The van der Waals surface area contributed by atoms with Crippen LogP contribution in [0.4, 0.5) is 0 Å². The first-order valence-corrected chi connectivity index (χ1v) is 7.86. The summed E-state index contributed by atoms with van der Waals surface area (Å²) >= 11 is 0. The summed E-state index contributed by atoms with van der Waals surface area (Å²) in [7, 11) is 1.62. The van der Waals surface area contributed by atoms with Crippen molar-refractivity contribution < 1.29 is 9.53 Å². The van der Waals surface area contributed by atoms with Gasteiger partial charge in [-0.05, 0) is 57.9 Å². The SMILES string of the molecule is COc1ccc(C(=O)c2cccc3cc4ccccc4cc23)cc1. The second kappa shape index (κ2) is 5.82. The Morgan fingerprint density at radius 2 is 1.42 bits per heavy atom. The molecule has 0 atom stereocenters. The average Bonchev–Trinajstić information content (AvgIpc) is 2.65. The van der Waals surface area contributed by atoms with Crippen LogP contribution >= 0.6 is 0 Å². The van der Waals surface area contributed by atoms with Crippen molar-refractivity contribution in [1.29, 1.82) is 0 Å². The van der Waals surface area contributed by atoms with Gasteiger partial charge in [0.25, 0.3) is 0 Å². The van der Waals surface area contributed by atoms with Crippen LogP contribution in [-0.4, -0.2) is 12.9 Å². The Morgan fingerprint density at radius 1 is 0.750 bits per heavy atom. The first kappa shape index (κ1) is 14.5. The number of ketones is 1. The monoisotopic (exact) mass is 312 g/mol. The Morgan fingerprint density at radius 3 is 2.12 bits per heavy atom. The van der Waals surface area contributed by atoms with Gasteiger partial charge in [0.05, 0.1) is 7.11 Å². The van der Waals surface area contributed by atoms with Gasteiger partial charge in [-0.1, -0.05) is 42.5 Å². The molecule has 0 saturated carbocycles. The predicted molar refractivity (Wildman–Crippen MR) is 97.9 cm³/mol. The molecule has 0 aliphatic rings. The van der Waals surface area contributed by atoms with Gasteiger partial charge < -0.3 is 4.74 Å². The van der Waals surface area contributed by atoms with E-state index in [0.29, 0.717) is 5.56 Å². The van der Waals surface area contributed by atoms with E-state index in [2.05, 4.69) is 24.3 Å². The summed E-state index contributed by atoms with van der Waals surface area (Å²) in [5.74, 6) is 0.772. The zero-order valence-electron chi connectivity index (χ0n) is 13.3. The van der Waals surface area contributed by atoms with Crippen molar-refractivity contribution in [3.05, 3.63) is 90.0 Å². The molecular formula is C22H16O2. The van der Waals surface area contributed by atoms with Gasteiger partial charge in [0.15, 0.2) is 5.78 Å². The number of hydrogen-bond acceptors (Lipinski definition) is 2. The number of fused-ring (bicyclic) bond motifs is 2. The molecule has 4 aromatic rings. The van der Waals surface area contributed by atoms with E-state index in [1.807, 2.05) is 42.5 Å². The summed E-state index contributed by atoms with van der Waals surface area (Å²) in [6, 6.07) is 25.6. The Kier molecular flexibility index (Phi) is 3.51. The van der Waals surface area contributed by atoms with Crippen molar-refractivity contribution in [2.75, 3.05) is 7.11 Å². The van der Waals surface area contributed by atoms with Crippen LogP contribution in [0.1, 0.15) is 15.9 Å². The van der Waals surface area contributed by atoms with Crippen LogP contribution in [0, 0.1) is 0 Å². The summed E-state index contributed by atoms with van der Waals surface area (Å²) in [4.78, 5) is 13.0. The first-order chi connectivity index (χ1) is 11.8. The lowest BCUT2D eigenvalue weighted by molar-refractivity contribution is 0.104. The molecule has 4 rings (SSSR count). The van der Waals surface area contributed by atoms with E-state index < -0.39 is 0 Å². The molecule has 0 spiro atoms. The molecule has 116 valence electrons. The third-order valence-corrected chi connectivity index (χ3v) is 4.34. The molecule has 2 heteroatoms. The minimum Gasteiger partial charge on any atom is -0.497 e. The van der Waals surface area contributed by atoms with E-state index in [0.717, 1.165) is 27.5 Å². The van der Waals surface area contributed by atoms with Crippen LogP contribution in [0.3, 0.4) is 0 Å². The highest BCUT2D eigenvalue weighted by Crippen LogP contribution is 2.27. The molecule has 0 unspecified atom stereocenters. The summed E-state index contributed by atoms with van der Waals surface area (Å²) in [6.45, 7) is 0. The summed E-state index contributed by atoms with van der Waals surface area (Å²) in [6.07, 6.45) is 0. The highest BCUT2D eigenvalue weighted by molar-refractivity contribution is 6.18. The molecule has 24 heavy (non-hydrogen) atoms.